The monoisotopic (exact) mass is 280 g/mol. The first-order chi connectivity index (χ1) is 5.27. The Labute approximate surface area is 84.0 Å². The number of thioether (sulfide) groups is 1. The van der Waals surface area contributed by atoms with Crippen molar-refractivity contribution < 1.29 is 0 Å². The summed E-state index contributed by atoms with van der Waals surface area (Å²) in [6, 6.07) is 6.14. The van der Waals surface area contributed by atoms with Crippen LogP contribution in [0.5, 0.6) is 0 Å². The van der Waals surface area contributed by atoms with E-state index >= 15 is 0 Å². The normalized spacial score (nSPS) is 9.73. The average Bonchev–Trinajstić information content (AvgIpc) is 2.04. The van der Waals surface area contributed by atoms with E-state index in [9.17, 15) is 0 Å². The van der Waals surface area contributed by atoms with Crippen LogP contribution in [0.15, 0.2) is 23.1 Å². The molecule has 0 saturated heterocycles. The lowest BCUT2D eigenvalue weighted by Gasteiger charge is -2.05. The zero-order valence-corrected chi connectivity index (χ0v) is 9.07. The van der Waals surface area contributed by atoms with Crippen molar-refractivity contribution in [2.75, 3.05) is 11.7 Å². The molecule has 2 nitrogen and oxygen atoms in total. The number of hydrazine groups is 1. The van der Waals surface area contributed by atoms with Gasteiger partial charge in [-0.05, 0) is 47.0 Å². The maximum Gasteiger partial charge on any atom is 0.0631 e. The van der Waals surface area contributed by atoms with Crippen LogP contribution in [0.3, 0.4) is 0 Å². The van der Waals surface area contributed by atoms with Crippen LogP contribution < -0.4 is 11.3 Å². The number of benzene rings is 1. The number of nitrogens with two attached hydrogens (primary N) is 1. The maximum absolute atomic E-state index is 5.33. The SMILES string of the molecule is CSc1ccc(I)cc1NN. The van der Waals surface area contributed by atoms with Crippen molar-refractivity contribution in [3.05, 3.63) is 21.8 Å². The van der Waals surface area contributed by atoms with Crippen LogP contribution in [0.1, 0.15) is 0 Å². The second kappa shape index (κ2) is 4.18. The van der Waals surface area contributed by atoms with Crippen LogP contribution in [0.25, 0.3) is 0 Å². The van der Waals surface area contributed by atoms with E-state index in [0.717, 1.165) is 5.69 Å². The van der Waals surface area contributed by atoms with Gasteiger partial charge in [-0.15, -0.1) is 11.8 Å². The van der Waals surface area contributed by atoms with Gasteiger partial charge in [0.25, 0.3) is 0 Å². The molecule has 0 fully saturated rings. The molecule has 0 aliphatic rings. The summed E-state index contributed by atoms with van der Waals surface area (Å²) < 4.78 is 1.19. The first-order valence-electron chi connectivity index (χ1n) is 3.08. The van der Waals surface area contributed by atoms with Gasteiger partial charge in [0, 0.05) is 8.47 Å². The van der Waals surface area contributed by atoms with Crippen LogP contribution in [0, 0.1) is 3.57 Å². The van der Waals surface area contributed by atoms with Gasteiger partial charge in [-0.1, -0.05) is 0 Å². The van der Waals surface area contributed by atoms with E-state index < -0.39 is 0 Å². The van der Waals surface area contributed by atoms with Gasteiger partial charge in [0.1, 0.15) is 0 Å². The Balaban J connectivity index is 3.06. The maximum atomic E-state index is 5.33. The number of anilines is 1. The molecule has 0 amide bonds. The standard InChI is InChI=1S/C7H9IN2S/c1-11-7-3-2-5(8)4-6(7)10-9/h2-4,10H,9H2,1H3. The zero-order valence-electron chi connectivity index (χ0n) is 6.10. The molecule has 1 aromatic carbocycles. The molecule has 0 saturated carbocycles. The van der Waals surface area contributed by atoms with Gasteiger partial charge in [0.15, 0.2) is 0 Å². The number of nitrogens with one attached hydrogen (secondary N) is 1. The topological polar surface area (TPSA) is 38.0 Å². The lowest BCUT2D eigenvalue weighted by Crippen LogP contribution is -2.07. The van der Waals surface area contributed by atoms with Crippen molar-refractivity contribution in [3.63, 3.8) is 0 Å². The summed E-state index contributed by atoms with van der Waals surface area (Å²) in [6.07, 6.45) is 2.03. The van der Waals surface area contributed by atoms with Crippen LogP contribution in [0.2, 0.25) is 0 Å². The largest absolute Gasteiger partial charge is 0.323 e. The summed E-state index contributed by atoms with van der Waals surface area (Å²) in [5.74, 6) is 5.33. The van der Waals surface area contributed by atoms with Gasteiger partial charge >= 0.3 is 0 Å². The Morgan fingerprint density at radius 1 is 1.55 bits per heavy atom. The highest BCUT2D eigenvalue weighted by molar-refractivity contribution is 14.1. The molecule has 0 spiro atoms. The molecule has 0 radical (unpaired) electrons. The van der Waals surface area contributed by atoms with Gasteiger partial charge in [0.2, 0.25) is 0 Å². The van der Waals surface area contributed by atoms with Crippen LogP contribution in [-0.2, 0) is 0 Å². The van der Waals surface area contributed by atoms with Crippen LogP contribution in [0.4, 0.5) is 5.69 Å². The quantitative estimate of drug-likeness (QED) is 0.378. The Bertz CT molecular complexity index is 252. The second-order valence-electron chi connectivity index (χ2n) is 1.99. The van der Waals surface area contributed by atoms with Crippen molar-refractivity contribution in [2.24, 2.45) is 5.84 Å². The minimum atomic E-state index is 0.990. The summed E-state index contributed by atoms with van der Waals surface area (Å²) in [5.41, 5.74) is 3.65. The first-order valence-corrected chi connectivity index (χ1v) is 5.38. The molecule has 0 atom stereocenters. The van der Waals surface area contributed by atoms with E-state index in [2.05, 4.69) is 40.1 Å². The van der Waals surface area contributed by atoms with Gasteiger partial charge in [-0.2, -0.15) is 0 Å². The summed E-state index contributed by atoms with van der Waals surface area (Å²) in [6.45, 7) is 0. The third-order valence-corrected chi connectivity index (χ3v) is 2.78. The molecular formula is C7H9IN2S. The molecule has 0 aromatic heterocycles. The molecule has 3 N–H and O–H groups in total. The second-order valence-corrected chi connectivity index (χ2v) is 4.08. The van der Waals surface area contributed by atoms with Crippen molar-refractivity contribution in [3.8, 4) is 0 Å². The van der Waals surface area contributed by atoms with Gasteiger partial charge in [-0.25, -0.2) is 0 Å². The van der Waals surface area contributed by atoms with E-state index in [4.69, 9.17) is 5.84 Å². The van der Waals surface area contributed by atoms with E-state index in [-0.39, 0.29) is 0 Å². The van der Waals surface area contributed by atoms with E-state index in [1.807, 2.05) is 12.3 Å². The summed E-state index contributed by atoms with van der Waals surface area (Å²) >= 11 is 3.94. The third-order valence-electron chi connectivity index (χ3n) is 1.32. The van der Waals surface area contributed by atoms with Gasteiger partial charge < -0.3 is 5.43 Å². The average molecular weight is 280 g/mol. The minimum Gasteiger partial charge on any atom is -0.323 e. The molecule has 0 unspecified atom stereocenters. The third kappa shape index (κ3) is 2.25. The smallest absolute Gasteiger partial charge is 0.0631 e. The predicted molar refractivity (Wildman–Crippen MR) is 58.8 cm³/mol. The predicted octanol–water partition coefficient (Wildman–Crippen LogP) is 2.30. The van der Waals surface area contributed by atoms with E-state index in [1.165, 1.54) is 8.47 Å². The van der Waals surface area contributed by atoms with Gasteiger partial charge in [-0.3, -0.25) is 5.84 Å². The lowest BCUT2D eigenvalue weighted by atomic mass is 10.3. The molecule has 60 valence electrons. The van der Waals surface area contributed by atoms with Crippen molar-refractivity contribution in [2.45, 2.75) is 4.90 Å². The number of nitrogen functional groups attached to an aromatic ring is 1. The molecule has 0 bridgehead atoms. The highest BCUT2D eigenvalue weighted by Gasteiger charge is 1.98. The van der Waals surface area contributed by atoms with Crippen molar-refractivity contribution >= 4 is 40.0 Å². The fraction of sp³-hybridized carbons (Fsp3) is 0.143. The van der Waals surface area contributed by atoms with Crippen LogP contribution in [-0.4, -0.2) is 6.26 Å². The summed E-state index contributed by atoms with van der Waals surface area (Å²) in [5, 5.41) is 0. The molecule has 4 heteroatoms. The van der Waals surface area contributed by atoms with Crippen molar-refractivity contribution in [1.82, 2.24) is 0 Å². The number of hydrogen-bond acceptors (Lipinski definition) is 3. The molecule has 0 aliphatic carbocycles. The Hall–Kier alpha value is 0.0600. The fourth-order valence-corrected chi connectivity index (χ4v) is 1.83. The van der Waals surface area contributed by atoms with Crippen molar-refractivity contribution in [1.29, 1.82) is 0 Å². The molecule has 0 aliphatic heterocycles. The molecule has 1 aromatic rings. The fourth-order valence-electron chi connectivity index (χ4n) is 0.793. The Kier molecular flexibility index (Phi) is 3.47. The number of rotatable bonds is 2. The van der Waals surface area contributed by atoms with E-state index in [1.54, 1.807) is 11.8 Å². The zero-order chi connectivity index (χ0) is 8.27. The molecule has 1 rings (SSSR count). The summed E-state index contributed by atoms with van der Waals surface area (Å²) in [4.78, 5) is 1.17. The van der Waals surface area contributed by atoms with Crippen LogP contribution >= 0.6 is 34.4 Å². The van der Waals surface area contributed by atoms with E-state index in [0.29, 0.717) is 0 Å². The Morgan fingerprint density at radius 3 is 2.82 bits per heavy atom. The highest BCUT2D eigenvalue weighted by Crippen LogP contribution is 2.25. The minimum absolute atomic E-state index is 0.990. The molecule has 0 heterocycles. The molecular weight excluding hydrogens is 271 g/mol. The van der Waals surface area contributed by atoms with Gasteiger partial charge in [0.05, 0.1) is 5.69 Å². The number of hydrogen-bond donors (Lipinski definition) is 2. The first kappa shape index (κ1) is 9.15. The Morgan fingerprint density at radius 2 is 2.27 bits per heavy atom. The highest BCUT2D eigenvalue weighted by atomic mass is 127. The lowest BCUT2D eigenvalue weighted by molar-refractivity contribution is 1.28. The number of halogens is 1. The molecule has 11 heavy (non-hydrogen) atoms. The summed E-state index contributed by atoms with van der Waals surface area (Å²) in [7, 11) is 0.